The third kappa shape index (κ3) is 5.87. The fourth-order valence-electron chi connectivity index (χ4n) is 2.65. The number of piperidine rings is 1. The first kappa shape index (κ1) is 21.1. The normalized spacial score (nSPS) is 15.8. The van der Waals surface area contributed by atoms with E-state index in [1.165, 1.54) is 12.0 Å². The first-order valence-electron chi connectivity index (χ1n) is 8.22. The number of rotatable bonds is 5. The van der Waals surface area contributed by atoms with Crippen molar-refractivity contribution in [3.05, 3.63) is 16.1 Å². The van der Waals surface area contributed by atoms with Gasteiger partial charge in [-0.05, 0) is 26.2 Å². The van der Waals surface area contributed by atoms with E-state index in [-0.39, 0.29) is 35.9 Å². The third-order valence-corrected chi connectivity index (χ3v) is 5.10. The van der Waals surface area contributed by atoms with Crippen LogP contribution in [0.3, 0.4) is 0 Å². The molecule has 0 bridgehead atoms. The molecule has 0 saturated carbocycles. The molecule has 1 aliphatic heterocycles. The number of methoxy groups -OCH3 is 1. The predicted molar refractivity (Wildman–Crippen MR) is 108 cm³/mol. The average molecular weight is 466 g/mol. The molecule has 2 rings (SSSR count). The maximum atomic E-state index is 11.6. The monoisotopic (exact) mass is 466 g/mol. The first-order valence-corrected chi connectivity index (χ1v) is 9.04. The summed E-state index contributed by atoms with van der Waals surface area (Å²) in [5.41, 5.74) is 0. The lowest BCUT2D eigenvalue weighted by atomic mass is 9.97. The SMILES string of the molecule is CCNC(=NCc1ncc(CC)s1)N1CCC(C(=O)OC)CC1.I. The van der Waals surface area contributed by atoms with Gasteiger partial charge in [0.05, 0.1) is 19.6 Å². The van der Waals surface area contributed by atoms with Crippen LogP contribution < -0.4 is 5.32 Å². The lowest BCUT2D eigenvalue weighted by molar-refractivity contribution is -0.146. The fourth-order valence-corrected chi connectivity index (χ4v) is 3.43. The van der Waals surface area contributed by atoms with Gasteiger partial charge in [0, 0.05) is 30.7 Å². The number of esters is 1. The maximum absolute atomic E-state index is 11.6. The van der Waals surface area contributed by atoms with Crippen molar-refractivity contribution in [1.29, 1.82) is 0 Å². The molecule has 0 radical (unpaired) electrons. The van der Waals surface area contributed by atoms with Crippen molar-refractivity contribution in [2.24, 2.45) is 10.9 Å². The Morgan fingerprint density at radius 1 is 1.46 bits per heavy atom. The number of ether oxygens (including phenoxy) is 1. The first-order chi connectivity index (χ1) is 11.2. The van der Waals surface area contributed by atoms with Crippen molar-refractivity contribution >= 4 is 47.2 Å². The van der Waals surface area contributed by atoms with Crippen LogP contribution >= 0.6 is 35.3 Å². The van der Waals surface area contributed by atoms with Gasteiger partial charge in [0.2, 0.25) is 0 Å². The summed E-state index contributed by atoms with van der Waals surface area (Å²) in [5, 5.41) is 4.38. The lowest BCUT2D eigenvalue weighted by Gasteiger charge is -2.33. The number of halogens is 1. The number of thiazole rings is 1. The second-order valence-corrected chi connectivity index (χ2v) is 6.73. The van der Waals surface area contributed by atoms with Gasteiger partial charge in [-0.3, -0.25) is 4.79 Å². The molecule has 8 heteroatoms. The quantitative estimate of drug-likeness (QED) is 0.313. The highest BCUT2D eigenvalue weighted by molar-refractivity contribution is 14.0. The van der Waals surface area contributed by atoms with Gasteiger partial charge >= 0.3 is 5.97 Å². The van der Waals surface area contributed by atoms with Crippen LogP contribution in [0.1, 0.15) is 36.6 Å². The van der Waals surface area contributed by atoms with Crippen LogP contribution in [-0.2, 0) is 22.5 Å². The smallest absolute Gasteiger partial charge is 0.308 e. The molecule has 1 aromatic rings. The molecule has 2 heterocycles. The van der Waals surface area contributed by atoms with E-state index in [0.29, 0.717) is 6.54 Å². The summed E-state index contributed by atoms with van der Waals surface area (Å²) in [7, 11) is 1.46. The van der Waals surface area contributed by atoms with Gasteiger partial charge in [-0.15, -0.1) is 35.3 Å². The maximum Gasteiger partial charge on any atom is 0.308 e. The summed E-state index contributed by atoms with van der Waals surface area (Å²) in [6.07, 6.45) is 4.58. The molecule has 6 nitrogen and oxygen atoms in total. The Balaban J connectivity index is 0.00000288. The number of aromatic nitrogens is 1. The van der Waals surface area contributed by atoms with Gasteiger partial charge in [0.25, 0.3) is 0 Å². The van der Waals surface area contributed by atoms with Crippen molar-refractivity contribution in [1.82, 2.24) is 15.2 Å². The minimum absolute atomic E-state index is 0. The van der Waals surface area contributed by atoms with E-state index < -0.39 is 0 Å². The van der Waals surface area contributed by atoms with Gasteiger partial charge in [0.1, 0.15) is 5.01 Å². The van der Waals surface area contributed by atoms with Crippen LogP contribution in [0, 0.1) is 5.92 Å². The minimum atomic E-state index is -0.0959. The number of hydrogen-bond acceptors (Lipinski definition) is 5. The van der Waals surface area contributed by atoms with Crippen LogP contribution in [0.2, 0.25) is 0 Å². The topological polar surface area (TPSA) is 66.8 Å². The second-order valence-electron chi connectivity index (χ2n) is 5.53. The van der Waals surface area contributed by atoms with Crippen LogP contribution in [0.25, 0.3) is 0 Å². The highest BCUT2D eigenvalue weighted by Crippen LogP contribution is 2.19. The predicted octanol–water partition coefficient (Wildman–Crippen LogP) is 2.67. The van der Waals surface area contributed by atoms with Crippen LogP contribution in [0.5, 0.6) is 0 Å². The molecule has 0 aliphatic carbocycles. The van der Waals surface area contributed by atoms with Crippen molar-refractivity contribution in [3.63, 3.8) is 0 Å². The molecule has 1 aromatic heterocycles. The number of carbonyl (C=O) groups excluding carboxylic acids is 1. The number of likely N-dealkylation sites (tertiary alicyclic amines) is 1. The summed E-state index contributed by atoms with van der Waals surface area (Å²) >= 11 is 1.72. The molecule has 1 N–H and O–H groups in total. The van der Waals surface area contributed by atoms with Crippen molar-refractivity contribution in [3.8, 4) is 0 Å². The fraction of sp³-hybridized carbons (Fsp3) is 0.688. The van der Waals surface area contributed by atoms with Gasteiger partial charge in [-0.2, -0.15) is 0 Å². The van der Waals surface area contributed by atoms with E-state index in [9.17, 15) is 4.79 Å². The number of aliphatic imine (C=N–C) groups is 1. The van der Waals surface area contributed by atoms with Crippen molar-refractivity contribution in [2.75, 3.05) is 26.7 Å². The Hall–Kier alpha value is -0.900. The number of aryl methyl sites for hydroxylation is 1. The van der Waals surface area contributed by atoms with Gasteiger partial charge < -0.3 is 15.0 Å². The molecule has 0 amide bonds. The van der Waals surface area contributed by atoms with Gasteiger partial charge in [-0.1, -0.05) is 6.92 Å². The van der Waals surface area contributed by atoms with E-state index in [2.05, 4.69) is 29.0 Å². The summed E-state index contributed by atoms with van der Waals surface area (Å²) in [5.74, 6) is 0.829. The van der Waals surface area contributed by atoms with Crippen molar-refractivity contribution < 1.29 is 9.53 Å². The molecule has 1 saturated heterocycles. The number of carbonyl (C=O) groups is 1. The van der Waals surface area contributed by atoms with Crippen LogP contribution in [0.15, 0.2) is 11.2 Å². The van der Waals surface area contributed by atoms with E-state index in [4.69, 9.17) is 9.73 Å². The van der Waals surface area contributed by atoms with E-state index in [1.54, 1.807) is 11.3 Å². The Labute approximate surface area is 165 Å². The minimum Gasteiger partial charge on any atom is -0.469 e. The Morgan fingerprint density at radius 3 is 2.71 bits per heavy atom. The molecule has 24 heavy (non-hydrogen) atoms. The van der Waals surface area contributed by atoms with E-state index >= 15 is 0 Å². The molecular formula is C16H27IN4O2S. The second kappa shape index (κ2) is 10.9. The Bertz CT molecular complexity index is 542. The molecule has 1 aliphatic rings. The van der Waals surface area contributed by atoms with Crippen LogP contribution in [0.4, 0.5) is 0 Å². The zero-order chi connectivity index (χ0) is 16.7. The molecule has 0 spiro atoms. The Kier molecular flexibility index (Phi) is 9.57. The lowest BCUT2D eigenvalue weighted by Crippen LogP contribution is -2.46. The van der Waals surface area contributed by atoms with E-state index in [0.717, 1.165) is 49.9 Å². The molecule has 0 atom stereocenters. The standard InChI is InChI=1S/C16H26N4O2S.HI/c1-4-13-10-18-14(23-13)11-19-16(17-5-2)20-8-6-12(7-9-20)15(21)22-3;/h10,12H,4-9,11H2,1-3H3,(H,17,19);1H. The average Bonchev–Trinajstić information content (AvgIpc) is 3.06. The summed E-state index contributed by atoms with van der Waals surface area (Å²) < 4.78 is 4.84. The van der Waals surface area contributed by atoms with Gasteiger partial charge in [0.15, 0.2) is 5.96 Å². The largest absolute Gasteiger partial charge is 0.469 e. The number of guanidine groups is 1. The number of nitrogens with zero attached hydrogens (tertiary/aromatic N) is 3. The van der Waals surface area contributed by atoms with Crippen molar-refractivity contribution in [2.45, 2.75) is 39.7 Å². The van der Waals surface area contributed by atoms with Crippen LogP contribution in [-0.4, -0.2) is 48.6 Å². The highest BCUT2D eigenvalue weighted by Gasteiger charge is 2.26. The Morgan fingerprint density at radius 2 is 2.17 bits per heavy atom. The summed E-state index contributed by atoms with van der Waals surface area (Å²) in [6, 6.07) is 0. The molecular weight excluding hydrogens is 439 g/mol. The highest BCUT2D eigenvalue weighted by atomic mass is 127. The molecule has 136 valence electrons. The van der Waals surface area contributed by atoms with Gasteiger partial charge in [-0.25, -0.2) is 9.98 Å². The number of hydrogen-bond donors (Lipinski definition) is 1. The molecule has 1 fully saturated rings. The zero-order valence-electron chi connectivity index (χ0n) is 14.6. The summed E-state index contributed by atoms with van der Waals surface area (Å²) in [4.78, 5) is 24.3. The van der Waals surface area contributed by atoms with E-state index in [1.807, 2.05) is 6.20 Å². The molecule has 0 unspecified atom stereocenters. The third-order valence-electron chi connectivity index (χ3n) is 3.98. The summed E-state index contributed by atoms with van der Waals surface area (Å²) in [6.45, 7) is 7.27. The zero-order valence-corrected chi connectivity index (χ0v) is 17.7. The number of nitrogens with one attached hydrogen (secondary N) is 1. The molecule has 0 aromatic carbocycles.